The van der Waals surface area contributed by atoms with E-state index in [0.29, 0.717) is 24.6 Å². The molecular weight excluding hydrogens is 264 g/mol. The summed E-state index contributed by atoms with van der Waals surface area (Å²) in [5.41, 5.74) is 6.70. The Morgan fingerprint density at radius 2 is 1.95 bits per heavy atom. The maximum atomic E-state index is 12.3. The molecular formula is C17H26N2O2. The third kappa shape index (κ3) is 3.56. The monoisotopic (exact) mass is 290 g/mol. The summed E-state index contributed by atoms with van der Waals surface area (Å²) in [7, 11) is 0. The molecule has 1 aromatic rings. The Balaban J connectivity index is 1.89. The summed E-state index contributed by atoms with van der Waals surface area (Å²) in [4.78, 5) is 14.2. The number of hydrogen-bond donors (Lipinski definition) is 1. The van der Waals surface area contributed by atoms with E-state index in [2.05, 4.69) is 20.8 Å². The highest BCUT2D eigenvalue weighted by molar-refractivity contribution is 5.95. The Hall–Kier alpha value is -1.55. The molecule has 1 heterocycles. The first-order valence-electron chi connectivity index (χ1n) is 7.77. The number of likely N-dealkylation sites (tertiary alicyclic amines) is 1. The van der Waals surface area contributed by atoms with Gasteiger partial charge in [-0.15, -0.1) is 0 Å². The van der Waals surface area contributed by atoms with Crippen molar-refractivity contribution in [3.05, 3.63) is 29.8 Å². The minimum absolute atomic E-state index is 0.0526. The Morgan fingerprint density at radius 1 is 1.33 bits per heavy atom. The predicted molar refractivity (Wildman–Crippen MR) is 84.5 cm³/mol. The van der Waals surface area contributed by atoms with Crippen LogP contribution in [0.5, 0.6) is 5.75 Å². The second-order valence-electron chi connectivity index (χ2n) is 6.28. The van der Waals surface area contributed by atoms with Crippen LogP contribution in [0.1, 0.15) is 44.0 Å². The number of hydrogen-bond acceptors (Lipinski definition) is 3. The molecule has 21 heavy (non-hydrogen) atoms. The second-order valence-corrected chi connectivity index (χ2v) is 6.28. The molecule has 1 aliphatic heterocycles. The van der Waals surface area contributed by atoms with E-state index in [1.54, 1.807) is 0 Å². The third-order valence-corrected chi connectivity index (χ3v) is 4.28. The molecule has 0 bridgehead atoms. The van der Waals surface area contributed by atoms with Gasteiger partial charge in [0.2, 0.25) is 0 Å². The van der Waals surface area contributed by atoms with Crippen molar-refractivity contribution >= 4 is 5.91 Å². The molecule has 1 fully saturated rings. The van der Waals surface area contributed by atoms with E-state index in [1.807, 2.05) is 29.2 Å². The zero-order valence-corrected chi connectivity index (χ0v) is 13.3. The third-order valence-electron chi connectivity index (χ3n) is 4.28. The number of rotatable bonds is 6. The first-order valence-corrected chi connectivity index (χ1v) is 7.77. The van der Waals surface area contributed by atoms with Crippen LogP contribution in [-0.4, -0.2) is 36.0 Å². The number of unbranched alkanes of at least 4 members (excludes halogenated alkanes) is 1. The summed E-state index contributed by atoms with van der Waals surface area (Å²) in [6.45, 7) is 8.33. The summed E-state index contributed by atoms with van der Waals surface area (Å²) in [6.07, 6.45) is 2.16. The SMILES string of the molecule is CCCCOc1ccc(C(=O)N2CC(N)(C(C)C)C2)cc1. The van der Waals surface area contributed by atoms with Crippen molar-refractivity contribution in [2.75, 3.05) is 19.7 Å². The molecule has 0 unspecified atom stereocenters. The van der Waals surface area contributed by atoms with E-state index in [-0.39, 0.29) is 11.4 Å². The summed E-state index contributed by atoms with van der Waals surface area (Å²) >= 11 is 0. The largest absolute Gasteiger partial charge is 0.494 e. The smallest absolute Gasteiger partial charge is 0.253 e. The normalized spacial score (nSPS) is 16.7. The average molecular weight is 290 g/mol. The maximum absolute atomic E-state index is 12.3. The second kappa shape index (κ2) is 6.48. The standard InChI is InChI=1S/C17H26N2O2/c1-4-5-10-21-15-8-6-14(7-9-15)16(20)19-11-17(18,12-19)13(2)3/h6-9,13H,4-5,10-12,18H2,1-3H3. The fraction of sp³-hybridized carbons (Fsp3) is 0.588. The van der Waals surface area contributed by atoms with Crippen LogP contribution in [0.2, 0.25) is 0 Å². The van der Waals surface area contributed by atoms with Gasteiger partial charge in [-0.3, -0.25) is 4.79 Å². The molecule has 0 aromatic heterocycles. The summed E-state index contributed by atoms with van der Waals surface area (Å²) in [6, 6.07) is 7.38. The number of ether oxygens (including phenoxy) is 1. The highest BCUT2D eigenvalue weighted by Gasteiger charge is 2.44. The lowest BCUT2D eigenvalue weighted by atomic mass is 9.80. The number of nitrogens with two attached hydrogens (primary N) is 1. The highest BCUT2D eigenvalue weighted by Crippen LogP contribution is 2.27. The maximum Gasteiger partial charge on any atom is 0.253 e. The van der Waals surface area contributed by atoms with Gasteiger partial charge in [-0.1, -0.05) is 27.2 Å². The van der Waals surface area contributed by atoms with E-state index in [9.17, 15) is 4.79 Å². The molecule has 2 rings (SSSR count). The number of nitrogens with zero attached hydrogens (tertiary/aromatic N) is 1. The molecule has 4 heteroatoms. The molecule has 0 aliphatic carbocycles. The predicted octanol–water partition coefficient (Wildman–Crippen LogP) is 2.67. The van der Waals surface area contributed by atoms with Gasteiger partial charge in [-0.25, -0.2) is 0 Å². The van der Waals surface area contributed by atoms with Crippen LogP contribution >= 0.6 is 0 Å². The highest BCUT2D eigenvalue weighted by atomic mass is 16.5. The fourth-order valence-corrected chi connectivity index (χ4v) is 2.38. The molecule has 1 aromatic carbocycles. The van der Waals surface area contributed by atoms with Crippen LogP contribution in [0.15, 0.2) is 24.3 Å². The molecule has 0 atom stereocenters. The van der Waals surface area contributed by atoms with Gasteiger partial charge in [0.15, 0.2) is 0 Å². The van der Waals surface area contributed by atoms with E-state index in [4.69, 9.17) is 10.5 Å². The van der Waals surface area contributed by atoms with Crippen LogP contribution in [0.25, 0.3) is 0 Å². The van der Waals surface area contributed by atoms with E-state index < -0.39 is 0 Å². The number of amides is 1. The van der Waals surface area contributed by atoms with E-state index >= 15 is 0 Å². The molecule has 2 N–H and O–H groups in total. The molecule has 116 valence electrons. The van der Waals surface area contributed by atoms with Crippen molar-refractivity contribution in [3.63, 3.8) is 0 Å². The van der Waals surface area contributed by atoms with Crippen molar-refractivity contribution < 1.29 is 9.53 Å². The van der Waals surface area contributed by atoms with E-state index in [1.165, 1.54) is 0 Å². The molecule has 4 nitrogen and oxygen atoms in total. The number of carbonyl (C=O) groups excluding carboxylic acids is 1. The van der Waals surface area contributed by atoms with Crippen LogP contribution in [0.3, 0.4) is 0 Å². The molecule has 0 radical (unpaired) electrons. The summed E-state index contributed by atoms with van der Waals surface area (Å²) in [5, 5.41) is 0. The number of carbonyl (C=O) groups is 1. The zero-order valence-electron chi connectivity index (χ0n) is 13.3. The van der Waals surface area contributed by atoms with Crippen LogP contribution in [0.4, 0.5) is 0 Å². The quantitative estimate of drug-likeness (QED) is 0.820. The molecule has 0 saturated carbocycles. The first-order chi connectivity index (χ1) is 9.96. The summed E-state index contributed by atoms with van der Waals surface area (Å²) in [5.74, 6) is 1.26. The van der Waals surface area contributed by atoms with Gasteiger partial charge in [0.25, 0.3) is 5.91 Å². The van der Waals surface area contributed by atoms with Gasteiger partial charge >= 0.3 is 0 Å². The van der Waals surface area contributed by atoms with Gasteiger partial charge in [0.05, 0.1) is 12.1 Å². The van der Waals surface area contributed by atoms with Crippen molar-refractivity contribution in [1.29, 1.82) is 0 Å². The van der Waals surface area contributed by atoms with Gasteiger partial charge in [-0.05, 0) is 36.6 Å². The minimum Gasteiger partial charge on any atom is -0.494 e. The van der Waals surface area contributed by atoms with Crippen molar-refractivity contribution in [3.8, 4) is 5.75 Å². The van der Waals surface area contributed by atoms with E-state index in [0.717, 1.165) is 25.2 Å². The molecule has 1 aliphatic rings. The number of benzene rings is 1. The Morgan fingerprint density at radius 3 is 2.48 bits per heavy atom. The Bertz CT molecular complexity index is 476. The topological polar surface area (TPSA) is 55.6 Å². The lowest BCUT2D eigenvalue weighted by Gasteiger charge is -2.50. The van der Waals surface area contributed by atoms with Crippen LogP contribution in [0, 0.1) is 5.92 Å². The Kier molecular flexibility index (Phi) is 4.88. The first kappa shape index (κ1) is 15.8. The molecule has 1 saturated heterocycles. The zero-order chi connectivity index (χ0) is 15.5. The van der Waals surface area contributed by atoms with Gasteiger partial charge in [-0.2, -0.15) is 0 Å². The minimum atomic E-state index is -0.223. The van der Waals surface area contributed by atoms with Crippen LogP contribution < -0.4 is 10.5 Å². The molecule has 1 amide bonds. The van der Waals surface area contributed by atoms with Gasteiger partial charge in [0.1, 0.15) is 5.75 Å². The van der Waals surface area contributed by atoms with Crippen molar-refractivity contribution in [1.82, 2.24) is 4.90 Å². The Labute approximate surface area is 127 Å². The lowest BCUT2D eigenvalue weighted by molar-refractivity contribution is 0.0275. The fourth-order valence-electron chi connectivity index (χ4n) is 2.38. The lowest BCUT2D eigenvalue weighted by Crippen LogP contribution is -2.71. The van der Waals surface area contributed by atoms with Crippen molar-refractivity contribution in [2.24, 2.45) is 11.7 Å². The average Bonchev–Trinajstić information content (AvgIpc) is 2.44. The summed E-state index contributed by atoms with van der Waals surface area (Å²) < 4.78 is 5.60. The van der Waals surface area contributed by atoms with Gasteiger partial charge in [0, 0.05) is 18.7 Å². The van der Waals surface area contributed by atoms with Crippen LogP contribution in [-0.2, 0) is 0 Å². The van der Waals surface area contributed by atoms with Gasteiger partial charge < -0.3 is 15.4 Å². The van der Waals surface area contributed by atoms with Crippen molar-refractivity contribution in [2.45, 2.75) is 39.2 Å². The molecule has 0 spiro atoms.